The number of aryl methyl sites for hydroxylation is 1. The number of hydrogen-bond acceptors (Lipinski definition) is 5. The fourth-order valence-corrected chi connectivity index (χ4v) is 5.09. The molecule has 4 aromatic carbocycles. The van der Waals surface area contributed by atoms with Crippen LogP contribution in [0.5, 0.6) is 0 Å². The highest BCUT2D eigenvalue weighted by molar-refractivity contribution is 6.10. The Kier molecular flexibility index (Phi) is 9.72. The standard InChI is InChI=1S/C35H33N5O6/c1-23-7-5-6-10-29(23)38-35(46)37-26-13-11-24(12-14-26)19-31(41)36-27-15-16-30-28(20-27)34(45)39(18-17-33(43)44)22-32(42)40(30)21-25-8-3-2-4-9-25/h2-16,20H,17-19,21-22H2,1H3,(H,36,41)(H,43,44)(H2,37,38,46). The number of nitrogens with zero attached hydrogens (tertiary/aromatic N) is 2. The van der Waals surface area contributed by atoms with Crippen molar-refractivity contribution in [2.75, 3.05) is 33.9 Å². The molecule has 46 heavy (non-hydrogen) atoms. The third kappa shape index (κ3) is 7.94. The minimum atomic E-state index is -1.08. The van der Waals surface area contributed by atoms with Crippen LogP contribution in [-0.4, -0.2) is 52.8 Å². The van der Waals surface area contributed by atoms with E-state index in [0.717, 1.165) is 11.1 Å². The van der Waals surface area contributed by atoms with Gasteiger partial charge >= 0.3 is 12.0 Å². The lowest BCUT2D eigenvalue weighted by Crippen LogP contribution is -2.40. The van der Waals surface area contributed by atoms with E-state index in [0.29, 0.717) is 28.3 Å². The van der Waals surface area contributed by atoms with Crippen molar-refractivity contribution < 1.29 is 29.1 Å². The molecule has 0 aliphatic carbocycles. The Morgan fingerprint density at radius 3 is 2.20 bits per heavy atom. The molecule has 1 aliphatic rings. The van der Waals surface area contributed by atoms with Crippen LogP contribution in [0.1, 0.15) is 33.5 Å². The molecule has 234 valence electrons. The third-order valence-electron chi connectivity index (χ3n) is 7.46. The molecule has 0 radical (unpaired) electrons. The number of urea groups is 1. The molecule has 0 aromatic heterocycles. The first kappa shape index (κ1) is 31.5. The van der Waals surface area contributed by atoms with Crippen molar-refractivity contribution >= 4 is 52.5 Å². The summed E-state index contributed by atoms with van der Waals surface area (Å²) in [5.74, 6) is -2.25. The average molecular weight is 620 g/mol. The van der Waals surface area contributed by atoms with Gasteiger partial charge in [-0.3, -0.25) is 19.2 Å². The number of rotatable bonds is 10. The number of nitrogens with one attached hydrogen (secondary N) is 3. The Bertz CT molecular complexity index is 1770. The van der Waals surface area contributed by atoms with Crippen LogP contribution in [0, 0.1) is 6.92 Å². The minimum absolute atomic E-state index is 0.0318. The summed E-state index contributed by atoms with van der Waals surface area (Å²) in [7, 11) is 0. The zero-order valence-electron chi connectivity index (χ0n) is 25.2. The molecule has 0 atom stereocenters. The van der Waals surface area contributed by atoms with Crippen LogP contribution >= 0.6 is 0 Å². The second-order valence-corrected chi connectivity index (χ2v) is 10.9. The van der Waals surface area contributed by atoms with Crippen LogP contribution in [0.25, 0.3) is 0 Å². The van der Waals surface area contributed by atoms with E-state index in [1.165, 1.54) is 15.9 Å². The Morgan fingerprint density at radius 2 is 1.48 bits per heavy atom. The normalized spacial score (nSPS) is 12.6. The van der Waals surface area contributed by atoms with Gasteiger partial charge in [-0.2, -0.15) is 0 Å². The van der Waals surface area contributed by atoms with E-state index in [1.807, 2.05) is 61.5 Å². The lowest BCUT2D eigenvalue weighted by molar-refractivity contribution is -0.137. The summed E-state index contributed by atoms with van der Waals surface area (Å²) in [5, 5.41) is 17.6. The molecule has 5 rings (SSSR count). The summed E-state index contributed by atoms with van der Waals surface area (Å²) in [6, 6.07) is 28.0. The second kappa shape index (κ2) is 14.2. The first-order chi connectivity index (χ1) is 22.2. The highest BCUT2D eigenvalue weighted by atomic mass is 16.4. The molecule has 0 bridgehead atoms. The molecule has 4 aromatic rings. The van der Waals surface area contributed by atoms with Gasteiger partial charge in [0.25, 0.3) is 5.91 Å². The van der Waals surface area contributed by atoms with Crippen molar-refractivity contribution in [3.8, 4) is 0 Å². The molecule has 0 fully saturated rings. The summed E-state index contributed by atoms with van der Waals surface area (Å²) in [5.41, 5.74) is 4.68. The summed E-state index contributed by atoms with van der Waals surface area (Å²) in [6.07, 6.45) is -0.279. The molecule has 4 N–H and O–H groups in total. The van der Waals surface area contributed by atoms with Crippen molar-refractivity contribution in [3.63, 3.8) is 0 Å². The molecule has 11 heteroatoms. The van der Waals surface area contributed by atoms with Crippen LogP contribution in [0.3, 0.4) is 0 Å². The highest BCUT2D eigenvalue weighted by Crippen LogP contribution is 2.30. The number of amides is 5. The van der Waals surface area contributed by atoms with Crippen LogP contribution in [0.15, 0.2) is 97.1 Å². The molecule has 5 amide bonds. The van der Waals surface area contributed by atoms with Gasteiger partial charge in [0.2, 0.25) is 11.8 Å². The van der Waals surface area contributed by atoms with E-state index < -0.39 is 11.9 Å². The van der Waals surface area contributed by atoms with Crippen molar-refractivity contribution in [3.05, 3.63) is 119 Å². The van der Waals surface area contributed by atoms with E-state index in [4.69, 9.17) is 0 Å². The number of carboxylic acids is 1. The number of fused-ring (bicyclic) bond motifs is 1. The number of carbonyl (C=O) groups is 5. The van der Waals surface area contributed by atoms with E-state index in [9.17, 15) is 29.1 Å². The maximum Gasteiger partial charge on any atom is 0.323 e. The average Bonchev–Trinajstić information content (AvgIpc) is 3.12. The lowest BCUT2D eigenvalue weighted by atomic mass is 10.1. The van der Waals surface area contributed by atoms with Gasteiger partial charge in [0, 0.05) is 23.6 Å². The molecule has 0 spiro atoms. The SMILES string of the molecule is Cc1ccccc1NC(=O)Nc1ccc(CC(=O)Nc2ccc3c(c2)C(=O)N(CCC(=O)O)CC(=O)N3Cc2ccccc2)cc1. The number of para-hydroxylation sites is 1. The van der Waals surface area contributed by atoms with Gasteiger partial charge in [0.15, 0.2) is 0 Å². The second-order valence-electron chi connectivity index (χ2n) is 10.9. The fourth-order valence-electron chi connectivity index (χ4n) is 5.09. The topological polar surface area (TPSA) is 148 Å². The van der Waals surface area contributed by atoms with Gasteiger partial charge in [-0.05, 0) is 60.0 Å². The first-order valence-corrected chi connectivity index (χ1v) is 14.7. The molecular weight excluding hydrogens is 586 g/mol. The van der Waals surface area contributed by atoms with E-state index in [1.54, 1.807) is 36.4 Å². The third-order valence-corrected chi connectivity index (χ3v) is 7.46. The highest BCUT2D eigenvalue weighted by Gasteiger charge is 2.32. The van der Waals surface area contributed by atoms with Gasteiger partial charge in [0.1, 0.15) is 6.54 Å². The quantitative estimate of drug-likeness (QED) is 0.190. The van der Waals surface area contributed by atoms with Crippen molar-refractivity contribution in [2.45, 2.75) is 26.3 Å². The Morgan fingerprint density at radius 1 is 0.783 bits per heavy atom. The van der Waals surface area contributed by atoms with Gasteiger partial charge < -0.3 is 30.9 Å². The largest absolute Gasteiger partial charge is 0.481 e. The van der Waals surface area contributed by atoms with Crippen LogP contribution in [0.4, 0.5) is 27.5 Å². The van der Waals surface area contributed by atoms with Crippen molar-refractivity contribution in [2.24, 2.45) is 0 Å². The van der Waals surface area contributed by atoms with Gasteiger partial charge in [-0.25, -0.2) is 4.79 Å². The summed E-state index contributed by atoms with van der Waals surface area (Å²) in [6.45, 7) is 1.72. The van der Waals surface area contributed by atoms with Crippen molar-refractivity contribution in [1.82, 2.24) is 4.90 Å². The maximum atomic E-state index is 13.6. The molecule has 0 saturated heterocycles. The molecule has 0 saturated carbocycles. The molecule has 0 unspecified atom stereocenters. The molecule has 1 heterocycles. The Labute approximate surface area is 265 Å². The molecule has 1 aliphatic heterocycles. The van der Waals surface area contributed by atoms with E-state index >= 15 is 0 Å². The maximum absolute atomic E-state index is 13.6. The van der Waals surface area contributed by atoms with E-state index in [-0.39, 0.29) is 55.9 Å². The Balaban J connectivity index is 1.27. The van der Waals surface area contributed by atoms with Gasteiger partial charge in [-0.15, -0.1) is 0 Å². The van der Waals surface area contributed by atoms with Crippen molar-refractivity contribution in [1.29, 1.82) is 0 Å². The number of hydrogen-bond donors (Lipinski definition) is 4. The number of anilines is 4. The molecular formula is C35H33N5O6. The van der Waals surface area contributed by atoms with E-state index in [2.05, 4.69) is 16.0 Å². The smallest absolute Gasteiger partial charge is 0.323 e. The zero-order valence-corrected chi connectivity index (χ0v) is 25.2. The number of carbonyl (C=O) groups excluding carboxylic acids is 4. The number of benzene rings is 4. The first-order valence-electron chi connectivity index (χ1n) is 14.7. The summed E-state index contributed by atoms with van der Waals surface area (Å²) in [4.78, 5) is 66.2. The monoisotopic (exact) mass is 619 g/mol. The predicted molar refractivity (Wildman–Crippen MR) is 175 cm³/mol. The summed E-state index contributed by atoms with van der Waals surface area (Å²) >= 11 is 0. The zero-order chi connectivity index (χ0) is 32.6. The number of carboxylic acid groups (broad SMARTS) is 1. The van der Waals surface area contributed by atoms with Crippen LogP contribution < -0.4 is 20.9 Å². The fraction of sp³-hybridized carbons (Fsp3) is 0.171. The minimum Gasteiger partial charge on any atom is -0.481 e. The Hall–Kier alpha value is -5.97. The molecule has 11 nitrogen and oxygen atoms in total. The lowest BCUT2D eigenvalue weighted by Gasteiger charge is -2.23. The van der Waals surface area contributed by atoms with Crippen LogP contribution in [-0.2, 0) is 27.3 Å². The van der Waals surface area contributed by atoms with Crippen LogP contribution in [0.2, 0.25) is 0 Å². The summed E-state index contributed by atoms with van der Waals surface area (Å²) < 4.78 is 0. The number of aliphatic carboxylic acids is 1. The van der Waals surface area contributed by atoms with Gasteiger partial charge in [-0.1, -0.05) is 60.7 Å². The van der Waals surface area contributed by atoms with Gasteiger partial charge in [0.05, 0.1) is 30.6 Å². The predicted octanol–water partition coefficient (Wildman–Crippen LogP) is 5.28.